The lowest BCUT2D eigenvalue weighted by atomic mass is 10.3. The van der Waals surface area contributed by atoms with Gasteiger partial charge in [-0.2, -0.15) is 10.1 Å². The topological polar surface area (TPSA) is 88.7 Å². The van der Waals surface area contributed by atoms with Gasteiger partial charge >= 0.3 is 0 Å². The highest BCUT2D eigenvalue weighted by molar-refractivity contribution is 5.52. The summed E-state index contributed by atoms with van der Waals surface area (Å²) >= 11 is 0. The molecule has 1 unspecified atom stereocenters. The van der Waals surface area contributed by atoms with Gasteiger partial charge in [0.15, 0.2) is 5.82 Å². The molecule has 18 heavy (non-hydrogen) atoms. The molecule has 0 radical (unpaired) electrons. The van der Waals surface area contributed by atoms with Gasteiger partial charge < -0.3 is 10.6 Å². The van der Waals surface area contributed by atoms with Crippen LogP contribution in [0.5, 0.6) is 0 Å². The molecule has 3 N–H and O–H groups in total. The molecule has 2 aromatic rings. The van der Waals surface area contributed by atoms with Crippen LogP contribution in [0.25, 0.3) is 11.5 Å². The second-order valence-corrected chi connectivity index (χ2v) is 4.77. The molecule has 1 aliphatic heterocycles. The number of aromatic nitrogens is 5. The van der Waals surface area contributed by atoms with E-state index in [-0.39, 0.29) is 6.04 Å². The van der Waals surface area contributed by atoms with E-state index in [9.17, 15) is 0 Å². The molecule has 0 spiro atoms. The first kappa shape index (κ1) is 11.2. The van der Waals surface area contributed by atoms with Crippen LogP contribution in [0.1, 0.15) is 12.1 Å². The SMILES string of the molecule is Cc1cc(-c2nc(N3CCC(N)C3)n[nH]2)n(C)n1. The maximum Gasteiger partial charge on any atom is 0.245 e. The zero-order valence-corrected chi connectivity index (χ0v) is 10.6. The Morgan fingerprint density at radius 1 is 1.50 bits per heavy atom. The average molecular weight is 247 g/mol. The molecule has 3 rings (SSSR count). The predicted octanol–water partition coefficient (Wildman–Crippen LogP) is 0.0510. The van der Waals surface area contributed by atoms with Crippen molar-refractivity contribution in [2.45, 2.75) is 19.4 Å². The van der Waals surface area contributed by atoms with Crippen molar-refractivity contribution in [3.05, 3.63) is 11.8 Å². The van der Waals surface area contributed by atoms with Gasteiger partial charge in [-0.1, -0.05) is 0 Å². The standard InChI is InChI=1S/C11H17N7/c1-7-5-9(17(2)16-7)10-13-11(15-14-10)18-4-3-8(12)6-18/h5,8H,3-4,6,12H2,1-2H3,(H,13,14,15). The van der Waals surface area contributed by atoms with E-state index in [0.717, 1.165) is 42.7 Å². The molecule has 1 saturated heterocycles. The first-order valence-corrected chi connectivity index (χ1v) is 6.07. The zero-order chi connectivity index (χ0) is 12.7. The van der Waals surface area contributed by atoms with Gasteiger partial charge in [-0.05, 0) is 19.4 Å². The van der Waals surface area contributed by atoms with E-state index >= 15 is 0 Å². The van der Waals surface area contributed by atoms with E-state index in [1.54, 1.807) is 4.68 Å². The molecule has 1 atom stereocenters. The monoisotopic (exact) mass is 247 g/mol. The minimum atomic E-state index is 0.228. The average Bonchev–Trinajstić information content (AvgIpc) is 2.98. The van der Waals surface area contributed by atoms with E-state index in [0.29, 0.717) is 0 Å². The molecule has 7 heteroatoms. The third-order valence-corrected chi connectivity index (χ3v) is 3.23. The fourth-order valence-electron chi connectivity index (χ4n) is 2.31. The summed E-state index contributed by atoms with van der Waals surface area (Å²) in [6, 6.07) is 2.21. The molecular weight excluding hydrogens is 230 g/mol. The summed E-state index contributed by atoms with van der Waals surface area (Å²) in [5, 5.41) is 11.5. The normalized spacial score (nSPS) is 19.7. The number of hydrogen-bond donors (Lipinski definition) is 2. The van der Waals surface area contributed by atoms with E-state index in [1.165, 1.54) is 0 Å². The lowest BCUT2D eigenvalue weighted by Crippen LogP contribution is -2.26. The third kappa shape index (κ3) is 1.86. The first-order chi connectivity index (χ1) is 8.63. The van der Waals surface area contributed by atoms with Gasteiger partial charge in [0.05, 0.1) is 5.69 Å². The van der Waals surface area contributed by atoms with Crippen molar-refractivity contribution in [3.8, 4) is 11.5 Å². The van der Waals surface area contributed by atoms with Crippen LogP contribution >= 0.6 is 0 Å². The second kappa shape index (κ2) is 4.09. The molecule has 3 heterocycles. The van der Waals surface area contributed by atoms with Gasteiger partial charge in [0.1, 0.15) is 5.69 Å². The van der Waals surface area contributed by atoms with Crippen LogP contribution in [0.3, 0.4) is 0 Å². The number of nitrogens with zero attached hydrogens (tertiary/aromatic N) is 5. The Labute approximate surface area is 105 Å². The quantitative estimate of drug-likeness (QED) is 0.783. The molecule has 2 aromatic heterocycles. The zero-order valence-electron chi connectivity index (χ0n) is 10.6. The van der Waals surface area contributed by atoms with Crippen LogP contribution in [0.15, 0.2) is 6.07 Å². The minimum absolute atomic E-state index is 0.228. The van der Waals surface area contributed by atoms with E-state index in [4.69, 9.17) is 5.73 Å². The van der Waals surface area contributed by atoms with Crippen LogP contribution in [0, 0.1) is 6.92 Å². The summed E-state index contributed by atoms with van der Waals surface area (Å²) in [6.45, 7) is 3.70. The highest BCUT2D eigenvalue weighted by Crippen LogP contribution is 2.20. The van der Waals surface area contributed by atoms with E-state index in [1.807, 2.05) is 20.0 Å². The molecule has 1 fully saturated rings. The molecular formula is C11H17N7. The molecule has 96 valence electrons. The Hall–Kier alpha value is -1.89. The Balaban J connectivity index is 1.87. The highest BCUT2D eigenvalue weighted by Gasteiger charge is 2.23. The van der Waals surface area contributed by atoms with Crippen molar-refractivity contribution in [3.63, 3.8) is 0 Å². The largest absolute Gasteiger partial charge is 0.338 e. The van der Waals surface area contributed by atoms with Crippen LogP contribution < -0.4 is 10.6 Å². The van der Waals surface area contributed by atoms with Gasteiger partial charge in [-0.3, -0.25) is 9.78 Å². The number of nitrogens with two attached hydrogens (primary N) is 1. The molecule has 0 aromatic carbocycles. The van der Waals surface area contributed by atoms with Gasteiger partial charge in [0, 0.05) is 26.2 Å². The number of aromatic amines is 1. The maximum atomic E-state index is 5.89. The molecule has 0 aliphatic carbocycles. The van der Waals surface area contributed by atoms with Crippen LogP contribution in [0.2, 0.25) is 0 Å². The molecule has 7 nitrogen and oxygen atoms in total. The summed E-state index contributed by atoms with van der Waals surface area (Å²) < 4.78 is 1.80. The third-order valence-electron chi connectivity index (χ3n) is 3.23. The van der Waals surface area contributed by atoms with Crippen molar-refractivity contribution in [2.75, 3.05) is 18.0 Å². The fraction of sp³-hybridized carbons (Fsp3) is 0.545. The van der Waals surface area contributed by atoms with Gasteiger partial charge in [0.2, 0.25) is 5.95 Å². The molecule has 0 saturated carbocycles. The number of aryl methyl sites for hydroxylation is 2. The summed E-state index contributed by atoms with van der Waals surface area (Å²) in [5.74, 6) is 1.46. The van der Waals surface area contributed by atoms with Crippen molar-refractivity contribution in [1.29, 1.82) is 0 Å². The lowest BCUT2D eigenvalue weighted by molar-refractivity contribution is 0.750. The highest BCUT2D eigenvalue weighted by atomic mass is 15.4. The number of rotatable bonds is 2. The summed E-state index contributed by atoms with van der Waals surface area (Å²) in [7, 11) is 1.90. The smallest absolute Gasteiger partial charge is 0.245 e. The van der Waals surface area contributed by atoms with Crippen molar-refractivity contribution in [2.24, 2.45) is 12.8 Å². The van der Waals surface area contributed by atoms with Crippen LogP contribution in [0.4, 0.5) is 5.95 Å². The van der Waals surface area contributed by atoms with Crippen LogP contribution in [-0.2, 0) is 7.05 Å². The Kier molecular flexibility index (Phi) is 2.55. The van der Waals surface area contributed by atoms with E-state index < -0.39 is 0 Å². The van der Waals surface area contributed by atoms with Gasteiger partial charge in [-0.15, -0.1) is 5.10 Å². The fourth-order valence-corrected chi connectivity index (χ4v) is 2.31. The second-order valence-electron chi connectivity index (χ2n) is 4.77. The van der Waals surface area contributed by atoms with Crippen molar-refractivity contribution in [1.82, 2.24) is 25.0 Å². The Morgan fingerprint density at radius 3 is 2.94 bits per heavy atom. The molecule has 0 bridgehead atoms. The Morgan fingerprint density at radius 2 is 2.33 bits per heavy atom. The summed E-state index contributed by atoms with van der Waals surface area (Å²) in [5.41, 5.74) is 7.79. The van der Waals surface area contributed by atoms with Gasteiger partial charge in [0.25, 0.3) is 0 Å². The Bertz CT molecular complexity index is 555. The summed E-state index contributed by atoms with van der Waals surface area (Å²) in [6.07, 6.45) is 0.995. The van der Waals surface area contributed by atoms with E-state index in [2.05, 4.69) is 25.2 Å². The summed E-state index contributed by atoms with van der Waals surface area (Å²) in [4.78, 5) is 6.62. The number of nitrogens with one attached hydrogen (secondary N) is 1. The molecule has 1 aliphatic rings. The lowest BCUT2D eigenvalue weighted by Gasteiger charge is -2.11. The number of H-pyrrole nitrogens is 1. The minimum Gasteiger partial charge on any atom is -0.338 e. The van der Waals surface area contributed by atoms with Crippen molar-refractivity contribution < 1.29 is 0 Å². The number of anilines is 1. The van der Waals surface area contributed by atoms with Gasteiger partial charge in [-0.25, -0.2) is 0 Å². The number of hydrogen-bond acceptors (Lipinski definition) is 5. The predicted molar refractivity (Wildman–Crippen MR) is 68.1 cm³/mol. The first-order valence-electron chi connectivity index (χ1n) is 6.07. The van der Waals surface area contributed by atoms with Crippen molar-refractivity contribution >= 4 is 5.95 Å². The molecule has 0 amide bonds. The maximum absolute atomic E-state index is 5.89. The van der Waals surface area contributed by atoms with Crippen LogP contribution in [-0.4, -0.2) is 44.1 Å².